The molecule has 2 heterocycles. The predicted octanol–water partition coefficient (Wildman–Crippen LogP) is 3.40. The largest absolute Gasteiger partial charge is 0.480 e. The van der Waals surface area contributed by atoms with Crippen LogP contribution in [0.2, 0.25) is 0 Å². The van der Waals surface area contributed by atoms with Crippen LogP contribution in [-0.2, 0) is 20.7 Å². The Morgan fingerprint density at radius 3 is 2.39 bits per heavy atom. The fourth-order valence-electron chi connectivity index (χ4n) is 3.81. The van der Waals surface area contributed by atoms with Crippen LogP contribution in [-0.4, -0.2) is 51.5 Å². The number of anilines is 1. The standard InChI is InChI=1S/C27H26N4O5/c1-2-36-23(32)17-28-25-24(19-11-7-4-8-12-19)30-22-16-20(13-14-31(22)25)26(33)29-21(27(34)35)15-18-9-5-3-6-10-18/h3-14,16,21,28H,2,15,17H2,1H3,(H,29,33)(H,34,35). The van der Waals surface area contributed by atoms with Crippen LogP contribution in [0.15, 0.2) is 79.0 Å². The normalized spacial score (nSPS) is 11.6. The summed E-state index contributed by atoms with van der Waals surface area (Å²) < 4.78 is 6.75. The van der Waals surface area contributed by atoms with Crippen LogP contribution in [0, 0.1) is 0 Å². The lowest BCUT2D eigenvalue weighted by Crippen LogP contribution is -2.42. The molecule has 0 aliphatic heterocycles. The third kappa shape index (κ3) is 5.69. The summed E-state index contributed by atoms with van der Waals surface area (Å²) in [6.07, 6.45) is 1.82. The quantitative estimate of drug-likeness (QED) is 0.294. The molecule has 0 aliphatic carbocycles. The van der Waals surface area contributed by atoms with Crippen LogP contribution in [0.1, 0.15) is 22.8 Å². The van der Waals surface area contributed by atoms with E-state index in [1.54, 1.807) is 29.7 Å². The first-order valence-electron chi connectivity index (χ1n) is 11.5. The molecule has 0 saturated heterocycles. The number of esters is 1. The SMILES string of the molecule is CCOC(=O)CNc1c(-c2ccccc2)nc2cc(C(=O)NC(Cc3ccccc3)C(=O)O)ccn12. The van der Waals surface area contributed by atoms with Gasteiger partial charge in [-0.05, 0) is 24.6 Å². The van der Waals surface area contributed by atoms with Gasteiger partial charge in [0.05, 0.1) is 6.61 Å². The zero-order valence-electron chi connectivity index (χ0n) is 19.7. The van der Waals surface area contributed by atoms with Crippen molar-refractivity contribution in [2.75, 3.05) is 18.5 Å². The van der Waals surface area contributed by atoms with Gasteiger partial charge in [-0.15, -0.1) is 0 Å². The predicted molar refractivity (Wildman–Crippen MR) is 135 cm³/mol. The first-order valence-corrected chi connectivity index (χ1v) is 11.5. The number of pyridine rings is 1. The Morgan fingerprint density at radius 1 is 1.03 bits per heavy atom. The van der Waals surface area contributed by atoms with Crippen LogP contribution in [0.4, 0.5) is 5.82 Å². The molecule has 2 aromatic heterocycles. The molecule has 9 heteroatoms. The Morgan fingerprint density at radius 2 is 1.72 bits per heavy atom. The number of carbonyl (C=O) groups excluding carboxylic acids is 2. The second-order valence-corrected chi connectivity index (χ2v) is 8.03. The van der Waals surface area contributed by atoms with E-state index in [1.807, 2.05) is 60.7 Å². The summed E-state index contributed by atoms with van der Waals surface area (Å²) in [5.41, 5.74) is 2.96. The molecule has 3 N–H and O–H groups in total. The molecular formula is C27H26N4O5. The molecule has 0 bridgehead atoms. The van der Waals surface area contributed by atoms with Crippen molar-refractivity contribution < 1.29 is 24.2 Å². The summed E-state index contributed by atoms with van der Waals surface area (Å²) in [6.45, 7) is 1.96. The van der Waals surface area contributed by atoms with E-state index in [0.29, 0.717) is 17.2 Å². The Kier molecular flexibility index (Phi) is 7.60. The molecule has 0 radical (unpaired) electrons. The van der Waals surface area contributed by atoms with Crippen LogP contribution in [0.5, 0.6) is 0 Å². The van der Waals surface area contributed by atoms with Gasteiger partial charge in [-0.2, -0.15) is 0 Å². The van der Waals surface area contributed by atoms with Crippen molar-refractivity contribution in [1.82, 2.24) is 14.7 Å². The van der Waals surface area contributed by atoms with E-state index in [9.17, 15) is 19.5 Å². The maximum absolute atomic E-state index is 13.0. The van der Waals surface area contributed by atoms with Gasteiger partial charge in [-0.25, -0.2) is 9.78 Å². The highest BCUT2D eigenvalue weighted by Crippen LogP contribution is 2.29. The maximum atomic E-state index is 13.0. The number of hydrogen-bond donors (Lipinski definition) is 3. The Balaban J connectivity index is 1.62. The monoisotopic (exact) mass is 486 g/mol. The number of benzene rings is 2. The number of ether oxygens (including phenoxy) is 1. The highest BCUT2D eigenvalue weighted by molar-refractivity contribution is 5.97. The van der Waals surface area contributed by atoms with Gasteiger partial charge >= 0.3 is 11.9 Å². The van der Waals surface area contributed by atoms with Crippen molar-refractivity contribution in [2.24, 2.45) is 0 Å². The molecule has 1 unspecified atom stereocenters. The Bertz CT molecular complexity index is 1370. The van der Waals surface area contributed by atoms with E-state index in [2.05, 4.69) is 15.6 Å². The number of aliphatic carboxylic acids is 1. The lowest BCUT2D eigenvalue weighted by Gasteiger charge is -2.15. The van der Waals surface area contributed by atoms with Crippen LogP contribution >= 0.6 is 0 Å². The lowest BCUT2D eigenvalue weighted by atomic mass is 10.1. The number of carbonyl (C=O) groups is 3. The highest BCUT2D eigenvalue weighted by atomic mass is 16.5. The minimum absolute atomic E-state index is 0.0521. The molecule has 0 fully saturated rings. The fourth-order valence-corrected chi connectivity index (χ4v) is 3.81. The second-order valence-electron chi connectivity index (χ2n) is 8.03. The Hall–Kier alpha value is -4.66. The van der Waals surface area contributed by atoms with Crippen LogP contribution in [0.25, 0.3) is 16.9 Å². The van der Waals surface area contributed by atoms with E-state index in [0.717, 1.165) is 11.1 Å². The average molecular weight is 487 g/mol. The van der Waals surface area contributed by atoms with Crippen LogP contribution in [0.3, 0.4) is 0 Å². The van der Waals surface area contributed by atoms with Gasteiger partial charge < -0.3 is 20.5 Å². The number of nitrogens with one attached hydrogen (secondary N) is 2. The molecule has 0 spiro atoms. The van der Waals surface area contributed by atoms with Gasteiger partial charge in [0.25, 0.3) is 5.91 Å². The number of imidazole rings is 1. The van der Waals surface area contributed by atoms with Gasteiger partial charge in [-0.3, -0.25) is 14.0 Å². The minimum atomic E-state index is -1.12. The molecule has 9 nitrogen and oxygen atoms in total. The van der Waals surface area contributed by atoms with E-state index >= 15 is 0 Å². The summed E-state index contributed by atoms with van der Waals surface area (Å²) in [6, 6.07) is 20.6. The highest BCUT2D eigenvalue weighted by Gasteiger charge is 2.22. The summed E-state index contributed by atoms with van der Waals surface area (Å²) >= 11 is 0. The molecule has 184 valence electrons. The number of nitrogens with zero attached hydrogens (tertiary/aromatic N) is 2. The Labute approximate surface area is 207 Å². The van der Waals surface area contributed by atoms with Crippen molar-refractivity contribution in [3.8, 4) is 11.3 Å². The van der Waals surface area contributed by atoms with E-state index in [4.69, 9.17) is 4.74 Å². The number of carboxylic acids is 1. The van der Waals surface area contributed by atoms with Crippen molar-refractivity contribution in [1.29, 1.82) is 0 Å². The number of aromatic nitrogens is 2. The molecule has 1 amide bonds. The molecule has 4 aromatic rings. The lowest BCUT2D eigenvalue weighted by molar-refractivity contribution is -0.141. The van der Waals surface area contributed by atoms with E-state index in [1.165, 1.54) is 0 Å². The van der Waals surface area contributed by atoms with Crippen molar-refractivity contribution >= 4 is 29.3 Å². The van der Waals surface area contributed by atoms with E-state index in [-0.39, 0.29) is 25.1 Å². The van der Waals surface area contributed by atoms with Gasteiger partial charge in [0.1, 0.15) is 29.7 Å². The summed E-state index contributed by atoms with van der Waals surface area (Å²) in [5, 5.41) is 15.3. The second kappa shape index (κ2) is 11.2. The number of hydrogen-bond acceptors (Lipinski definition) is 6. The molecule has 4 rings (SSSR count). The zero-order chi connectivity index (χ0) is 25.5. The number of amides is 1. The summed E-state index contributed by atoms with van der Waals surface area (Å²) in [4.78, 5) is 41.4. The third-order valence-corrected chi connectivity index (χ3v) is 5.53. The molecule has 1 atom stereocenters. The minimum Gasteiger partial charge on any atom is -0.480 e. The number of fused-ring (bicyclic) bond motifs is 1. The zero-order valence-corrected chi connectivity index (χ0v) is 19.7. The first-order chi connectivity index (χ1) is 17.5. The number of carboxylic acid groups (broad SMARTS) is 1. The maximum Gasteiger partial charge on any atom is 0.326 e. The molecule has 2 aromatic carbocycles. The van der Waals surface area contributed by atoms with E-state index < -0.39 is 23.9 Å². The van der Waals surface area contributed by atoms with Crippen LogP contribution < -0.4 is 10.6 Å². The third-order valence-electron chi connectivity index (χ3n) is 5.53. The first kappa shape index (κ1) is 24.5. The van der Waals surface area contributed by atoms with Gasteiger partial charge in [0, 0.05) is 23.7 Å². The number of rotatable bonds is 10. The van der Waals surface area contributed by atoms with Crippen molar-refractivity contribution in [3.05, 3.63) is 90.1 Å². The average Bonchev–Trinajstić information content (AvgIpc) is 3.26. The molecule has 36 heavy (non-hydrogen) atoms. The summed E-state index contributed by atoms with van der Waals surface area (Å²) in [5.74, 6) is -1.47. The topological polar surface area (TPSA) is 122 Å². The fraction of sp³-hybridized carbons (Fsp3) is 0.185. The molecule has 0 saturated carbocycles. The van der Waals surface area contributed by atoms with Gasteiger partial charge in [0.15, 0.2) is 0 Å². The molecule has 0 aliphatic rings. The van der Waals surface area contributed by atoms with Gasteiger partial charge in [0.2, 0.25) is 0 Å². The summed E-state index contributed by atoms with van der Waals surface area (Å²) in [7, 11) is 0. The van der Waals surface area contributed by atoms with Gasteiger partial charge in [-0.1, -0.05) is 60.7 Å². The van der Waals surface area contributed by atoms with Crippen molar-refractivity contribution in [2.45, 2.75) is 19.4 Å². The smallest absolute Gasteiger partial charge is 0.326 e. The molecular weight excluding hydrogens is 460 g/mol. The van der Waals surface area contributed by atoms with Crippen molar-refractivity contribution in [3.63, 3.8) is 0 Å².